The van der Waals surface area contributed by atoms with E-state index < -0.39 is 0 Å². The fraction of sp³-hybridized carbons (Fsp3) is 0.240. The summed E-state index contributed by atoms with van der Waals surface area (Å²) in [6.07, 6.45) is 0.566. The number of nitrogens with one attached hydrogen (secondary N) is 1. The SMILES string of the molecule is COc1ccc(NC(=O)CCCn2c(=O)c3sccc3n(Cc3cccc(C)c3)c2=O)cc1. The van der Waals surface area contributed by atoms with Gasteiger partial charge in [0.05, 0.1) is 19.2 Å². The van der Waals surface area contributed by atoms with Gasteiger partial charge in [-0.2, -0.15) is 0 Å². The van der Waals surface area contributed by atoms with Crippen molar-refractivity contribution in [3.8, 4) is 5.75 Å². The van der Waals surface area contributed by atoms with E-state index in [1.165, 1.54) is 15.9 Å². The molecule has 0 fully saturated rings. The van der Waals surface area contributed by atoms with Crippen LogP contribution in [0.5, 0.6) is 5.75 Å². The number of aryl methyl sites for hydroxylation is 1. The van der Waals surface area contributed by atoms with E-state index in [9.17, 15) is 14.4 Å². The highest BCUT2D eigenvalue weighted by Gasteiger charge is 2.15. The van der Waals surface area contributed by atoms with Crippen molar-refractivity contribution in [2.45, 2.75) is 32.9 Å². The number of carbonyl (C=O) groups excluding carboxylic acids is 1. The lowest BCUT2D eigenvalue weighted by molar-refractivity contribution is -0.116. The number of ether oxygens (including phenoxy) is 1. The van der Waals surface area contributed by atoms with Crippen LogP contribution in [0, 0.1) is 6.92 Å². The molecular weight excluding hydrogens is 438 g/mol. The smallest absolute Gasteiger partial charge is 0.331 e. The van der Waals surface area contributed by atoms with E-state index in [-0.39, 0.29) is 30.1 Å². The average molecular weight is 464 g/mol. The topological polar surface area (TPSA) is 82.3 Å². The molecule has 7 nitrogen and oxygen atoms in total. The number of methoxy groups -OCH3 is 1. The lowest BCUT2D eigenvalue weighted by atomic mass is 10.1. The molecule has 0 radical (unpaired) electrons. The average Bonchev–Trinajstić information content (AvgIpc) is 3.30. The van der Waals surface area contributed by atoms with Gasteiger partial charge in [-0.05, 0) is 54.6 Å². The highest BCUT2D eigenvalue weighted by Crippen LogP contribution is 2.18. The van der Waals surface area contributed by atoms with Crippen LogP contribution in [0.15, 0.2) is 69.6 Å². The van der Waals surface area contributed by atoms with Gasteiger partial charge in [-0.3, -0.25) is 18.7 Å². The first-order valence-corrected chi connectivity index (χ1v) is 11.5. The summed E-state index contributed by atoms with van der Waals surface area (Å²) in [5.74, 6) is 0.531. The molecule has 4 rings (SSSR count). The van der Waals surface area contributed by atoms with Gasteiger partial charge in [0.15, 0.2) is 0 Å². The van der Waals surface area contributed by atoms with Crippen LogP contribution in [0.25, 0.3) is 10.2 Å². The summed E-state index contributed by atoms with van der Waals surface area (Å²) in [5.41, 5.74) is 2.75. The molecule has 0 aliphatic rings. The van der Waals surface area contributed by atoms with Crippen molar-refractivity contribution in [3.63, 3.8) is 0 Å². The van der Waals surface area contributed by atoms with Crippen molar-refractivity contribution in [3.05, 3.63) is 91.9 Å². The van der Waals surface area contributed by atoms with Gasteiger partial charge in [-0.15, -0.1) is 11.3 Å². The first-order valence-electron chi connectivity index (χ1n) is 10.7. The van der Waals surface area contributed by atoms with E-state index >= 15 is 0 Å². The van der Waals surface area contributed by atoms with E-state index in [0.29, 0.717) is 34.6 Å². The van der Waals surface area contributed by atoms with Crippen molar-refractivity contribution in [2.24, 2.45) is 0 Å². The molecule has 1 amide bonds. The zero-order valence-corrected chi connectivity index (χ0v) is 19.4. The van der Waals surface area contributed by atoms with Gasteiger partial charge in [-0.1, -0.05) is 29.8 Å². The molecule has 2 heterocycles. The van der Waals surface area contributed by atoms with Crippen LogP contribution in [0.4, 0.5) is 5.69 Å². The molecule has 33 heavy (non-hydrogen) atoms. The summed E-state index contributed by atoms with van der Waals surface area (Å²) in [6.45, 7) is 2.56. The molecule has 0 aliphatic heterocycles. The maximum atomic E-state index is 13.2. The standard InChI is InChI=1S/C25H25N3O4S/c1-17-5-3-6-18(15-17)16-28-21-12-14-33-23(21)24(30)27(25(28)31)13-4-7-22(29)26-19-8-10-20(32-2)11-9-19/h3,5-6,8-12,14-15H,4,7,13,16H2,1-2H3,(H,26,29). The molecular formula is C25H25N3O4S. The lowest BCUT2D eigenvalue weighted by Gasteiger charge is -2.13. The molecule has 0 saturated heterocycles. The number of fused-ring (bicyclic) bond motifs is 1. The maximum Gasteiger partial charge on any atom is 0.331 e. The number of hydrogen-bond acceptors (Lipinski definition) is 5. The van der Waals surface area contributed by atoms with Crippen molar-refractivity contribution < 1.29 is 9.53 Å². The molecule has 4 aromatic rings. The van der Waals surface area contributed by atoms with Gasteiger partial charge in [-0.25, -0.2) is 4.79 Å². The molecule has 2 aromatic carbocycles. The van der Waals surface area contributed by atoms with Gasteiger partial charge < -0.3 is 10.1 Å². The molecule has 170 valence electrons. The molecule has 0 unspecified atom stereocenters. The third kappa shape index (κ3) is 5.06. The Morgan fingerprint density at radius 2 is 1.85 bits per heavy atom. The Labute approximate surface area is 194 Å². The minimum atomic E-state index is -0.358. The van der Waals surface area contributed by atoms with Crippen LogP contribution >= 0.6 is 11.3 Å². The number of anilines is 1. The number of rotatable bonds is 8. The van der Waals surface area contributed by atoms with Crippen LogP contribution in [0.1, 0.15) is 24.0 Å². The molecule has 2 aromatic heterocycles. The molecule has 1 N–H and O–H groups in total. The van der Waals surface area contributed by atoms with Crippen molar-refractivity contribution in [1.29, 1.82) is 0 Å². The first-order chi connectivity index (χ1) is 16.0. The second kappa shape index (κ2) is 9.87. The van der Waals surface area contributed by atoms with E-state index in [2.05, 4.69) is 5.32 Å². The lowest BCUT2D eigenvalue weighted by Crippen LogP contribution is -2.40. The number of hydrogen-bond donors (Lipinski definition) is 1. The highest BCUT2D eigenvalue weighted by atomic mass is 32.1. The minimum absolute atomic E-state index is 0.175. The van der Waals surface area contributed by atoms with E-state index in [0.717, 1.165) is 11.1 Å². The highest BCUT2D eigenvalue weighted by molar-refractivity contribution is 7.17. The Hall–Kier alpha value is -3.65. The van der Waals surface area contributed by atoms with Gasteiger partial charge in [0, 0.05) is 18.7 Å². The zero-order valence-electron chi connectivity index (χ0n) is 18.5. The largest absolute Gasteiger partial charge is 0.497 e. The Morgan fingerprint density at radius 1 is 1.06 bits per heavy atom. The number of carbonyl (C=O) groups is 1. The predicted octanol–water partition coefficient (Wildman–Crippen LogP) is 4.01. The second-order valence-corrected chi connectivity index (χ2v) is 8.75. The fourth-order valence-electron chi connectivity index (χ4n) is 3.77. The van der Waals surface area contributed by atoms with Crippen LogP contribution in [0.3, 0.4) is 0 Å². The van der Waals surface area contributed by atoms with Crippen molar-refractivity contribution in [2.75, 3.05) is 12.4 Å². The summed E-state index contributed by atoms with van der Waals surface area (Å²) in [4.78, 5) is 38.5. The Balaban J connectivity index is 1.51. The van der Waals surface area contributed by atoms with E-state index in [1.807, 2.05) is 42.6 Å². The number of aromatic nitrogens is 2. The van der Waals surface area contributed by atoms with Gasteiger partial charge in [0.2, 0.25) is 5.91 Å². The van der Waals surface area contributed by atoms with Crippen LogP contribution in [-0.2, 0) is 17.9 Å². The Bertz CT molecular complexity index is 1400. The monoisotopic (exact) mass is 463 g/mol. The molecule has 8 heteroatoms. The number of thiophene rings is 1. The predicted molar refractivity (Wildman–Crippen MR) is 131 cm³/mol. The first kappa shape index (κ1) is 22.5. The zero-order chi connectivity index (χ0) is 23.4. The fourth-order valence-corrected chi connectivity index (χ4v) is 4.61. The van der Waals surface area contributed by atoms with Gasteiger partial charge in [0.25, 0.3) is 5.56 Å². The van der Waals surface area contributed by atoms with Crippen LogP contribution < -0.4 is 21.3 Å². The quantitative estimate of drug-likeness (QED) is 0.428. The summed E-state index contributed by atoms with van der Waals surface area (Å²) < 4.78 is 8.54. The normalized spacial score (nSPS) is 11.0. The summed E-state index contributed by atoms with van der Waals surface area (Å²) >= 11 is 1.33. The third-order valence-electron chi connectivity index (χ3n) is 5.42. The summed E-state index contributed by atoms with van der Waals surface area (Å²) in [6, 6.07) is 16.8. The van der Waals surface area contributed by atoms with Crippen molar-refractivity contribution >= 4 is 33.1 Å². The van der Waals surface area contributed by atoms with Crippen LogP contribution in [0.2, 0.25) is 0 Å². The molecule has 0 spiro atoms. The number of nitrogens with zero attached hydrogens (tertiary/aromatic N) is 2. The molecule has 0 saturated carbocycles. The minimum Gasteiger partial charge on any atom is -0.497 e. The van der Waals surface area contributed by atoms with Gasteiger partial charge in [0.1, 0.15) is 10.4 Å². The Morgan fingerprint density at radius 3 is 2.58 bits per heavy atom. The molecule has 0 bridgehead atoms. The third-order valence-corrected chi connectivity index (χ3v) is 6.31. The van der Waals surface area contributed by atoms with Gasteiger partial charge >= 0.3 is 5.69 Å². The van der Waals surface area contributed by atoms with Crippen LogP contribution in [-0.4, -0.2) is 22.2 Å². The van der Waals surface area contributed by atoms with E-state index in [1.54, 1.807) is 35.9 Å². The van der Waals surface area contributed by atoms with E-state index in [4.69, 9.17) is 4.74 Å². The molecule has 0 aliphatic carbocycles. The summed E-state index contributed by atoms with van der Waals surface area (Å²) in [5, 5.41) is 4.64. The molecule has 0 atom stereocenters. The van der Waals surface area contributed by atoms with Crippen molar-refractivity contribution in [1.82, 2.24) is 9.13 Å². The maximum absolute atomic E-state index is 13.2. The number of benzene rings is 2. The number of amides is 1. The Kier molecular flexibility index (Phi) is 6.74. The second-order valence-electron chi connectivity index (χ2n) is 7.83. The summed E-state index contributed by atoms with van der Waals surface area (Å²) in [7, 11) is 1.58.